The third kappa shape index (κ3) is 2.89. The Morgan fingerprint density at radius 2 is 2.55 bits per heavy atom. The molecular formula is C8H16N2O. The van der Waals surface area contributed by atoms with Crippen molar-refractivity contribution in [1.29, 1.82) is 0 Å². The van der Waals surface area contributed by atoms with Crippen LogP contribution in [0.25, 0.3) is 0 Å². The fourth-order valence-corrected chi connectivity index (χ4v) is 1.42. The van der Waals surface area contributed by atoms with Gasteiger partial charge in [-0.05, 0) is 25.8 Å². The van der Waals surface area contributed by atoms with Crippen molar-refractivity contribution in [1.82, 2.24) is 10.2 Å². The summed E-state index contributed by atoms with van der Waals surface area (Å²) >= 11 is 0. The van der Waals surface area contributed by atoms with Crippen molar-refractivity contribution in [3.05, 3.63) is 0 Å². The molecule has 1 fully saturated rings. The molecule has 0 aromatic rings. The second-order valence-electron chi connectivity index (χ2n) is 3.17. The van der Waals surface area contributed by atoms with Gasteiger partial charge in [-0.25, -0.2) is 0 Å². The molecule has 11 heavy (non-hydrogen) atoms. The first-order valence-electron chi connectivity index (χ1n) is 4.22. The highest BCUT2D eigenvalue weighted by Crippen LogP contribution is 2.08. The molecule has 1 atom stereocenters. The molecule has 1 amide bonds. The van der Waals surface area contributed by atoms with Crippen molar-refractivity contribution < 1.29 is 4.79 Å². The molecule has 0 aromatic carbocycles. The van der Waals surface area contributed by atoms with Crippen molar-refractivity contribution >= 4 is 6.41 Å². The zero-order valence-corrected chi connectivity index (χ0v) is 7.05. The van der Waals surface area contributed by atoms with Crippen LogP contribution in [0.5, 0.6) is 0 Å². The van der Waals surface area contributed by atoms with Gasteiger partial charge < -0.3 is 10.2 Å². The van der Waals surface area contributed by atoms with Crippen LogP contribution < -0.4 is 5.32 Å². The van der Waals surface area contributed by atoms with E-state index in [9.17, 15) is 4.79 Å². The van der Waals surface area contributed by atoms with E-state index in [4.69, 9.17) is 0 Å². The van der Waals surface area contributed by atoms with Gasteiger partial charge in [0, 0.05) is 19.6 Å². The molecule has 1 N–H and O–H groups in total. The van der Waals surface area contributed by atoms with Gasteiger partial charge in [0.25, 0.3) is 0 Å². The van der Waals surface area contributed by atoms with Gasteiger partial charge in [0.05, 0.1) is 0 Å². The molecular weight excluding hydrogens is 140 g/mol. The Morgan fingerprint density at radius 3 is 3.09 bits per heavy atom. The minimum atomic E-state index is 0.650. The summed E-state index contributed by atoms with van der Waals surface area (Å²) in [6, 6.07) is 0.650. The molecule has 1 aliphatic rings. The molecule has 0 radical (unpaired) electrons. The van der Waals surface area contributed by atoms with Gasteiger partial charge in [0.2, 0.25) is 6.41 Å². The number of carbonyl (C=O) groups is 1. The second kappa shape index (κ2) is 4.34. The maximum absolute atomic E-state index is 10.2. The molecule has 1 unspecified atom stereocenters. The maximum Gasteiger partial charge on any atom is 0.209 e. The molecule has 1 rings (SSSR count). The van der Waals surface area contributed by atoms with Crippen LogP contribution in [0.1, 0.15) is 19.3 Å². The van der Waals surface area contributed by atoms with E-state index in [1.807, 2.05) is 7.05 Å². The number of nitrogens with one attached hydrogen (secondary N) is 1. The average Bonchev–Trinajstić information content (AvgIpc) is 2.52. The fourth-order valence-electron chi connectivity index (χ4n) is 1.42. The zero-order chi connectivity index (χ0) is 8.10. The van der Waals surface area contributed by atoms with Gasteiger partial charge in [-0.2, -0.15) is 0 Å². The lowest BCUT2D eigenvalue weighted by molar-refractivity contribution is -0.117. The molecule has 0 spiro atoms. The van der Waals surface area contributed by atoms with Crippen molar-refractivity contribution in [3.8, 4) is 0 Å². The number of nitrogens with zero attached hydrogens (tertiary/aromatic N) is 1. The third-order valence-corrected chi connectivity index (χ3v) is 2.17. The summed E-state index contributed by atoms with van der Waals surface area (Å²) < 4.78 is 0. The average molecular weight is 156 g/mol. The zero-order valence-electron chi connectivity index (χ0n) is 7.05. The predicted octanol–water partition coefficient (Wildman–Crippen LogP) is 0.217. The number of hydrogen-bond donors (Lipinski definition) is 1. The monoisotopic (exact) mass is 156 g/mol. The first kappa shape index (κ1) is 8.53. The van der Waals surface area contributed by atoms with Crippen molar-refractivity contribution in [2.75, 3.05) is 20.1 Å². The summed E-state index contributed by atoms with van der Waals surface area (Å²) in [6.07, 6.45) is 4.53. The normalized spacial score (nSPS) is 23.5. The van der Waals surface area contributed by atoms with Crippen LogP contribution in [0.4, 0.5) is 0 Å². The number of hydrogen-bond acceptors (Lipinski definition) is 2. The van der Waals surface area contributed by atoms with E-state index < -0.39 is 0 Å². The second-order valence-corrected chi connectivity index (χ2v) is 3.17. The summed E-state index contributed by atoms with van der Waals surface area (Å²) in [4.78, 5) is 11.9. The van der Waals surface area contributed by atoms with Gasteiger partial charge in [-0.3, -0.25) is 4.79 Å². The molecule has 3 nitrogen and oxygen atoms in total. The molecule has 64 valence electrons. The molecule has 0 bridgehead atoms. The van der Waals surface area contributed by atoms with Crippen molar-refractivity contribution in [2.24, 2.45) is 0 Å². The quantitative estimate of drug-likeness (QED) is 0.590. The third-order valence-electron chi connectivity index (χ3n) is 2.17. The Hall–Kier alpha value is -0.570. The van der Waals surface area contributed by atoms with Crippen LogP contribution in [0, 0.1) is 0 Å². The standard InChI is InChI=1S/C8H16N2O/c1-10(7-11)6-4-8-3-2-5-9-8/h7-9H,2-6H2,1H3. The lowest BCUT2D eigenvalue weighted by atomic mass is 10.1. The Balaban J connectivity index is 2.06. The minimum Gasteiger partial charge on any atom is -0.348 e. The summed E-state index contributed by atoms with van der Waals surface area (Å²) in [7, 11) is 1.82. The largest absolute Gasteiger partial charge is 0.348 e. The molecule has 1 aliphatic heterocycles. The highest BCUT2D eigenvalue weighted by Gasteiger charge is 2.13. The maximum atomic E-state index is 10.2. The number of amides is 1. The SMILES string of the molecule is CN(C=O)CCC1CCCN1. The smallest absolute Gasteiger partial charge is 0.209 e. The Labute approximate surface area is 67.8 Å². The minimum absolute atomic E-state index is 0.650. The Bertz CT molecular complexity index is 121. The van der Waals surface area contributed by atoms with Gasteiger partial charge >= 0.3 is 0 Å². The van der Waals surface area contributed by atoms with Crippen LogP contribution in [0.15, 0.2) is 0 Å². The van der Waals surface area contributed by atoms with Crippen LogP contribution in [0.3, 0.4) is 0 Å². The predicted molar refractivity (Wildman–Crippen MR) is 44.3 cm³/mol. The summed E-state index contributed by atoms with van der Waals surface area (Å²) in [6.45, 7) is 2.02. The van der Waals surface area contributed by atoms with E-state index in [1.165, 1.54) is 12.8 Å². The highest BCUT2D eigenvalue weighted by atomic mass is 16.1. The van der Waals surface area contributed by atoms with E-state index in [-0.39, 0.29) is 0 Å². The number of carbonyl (C=O) groups excluding carboxylic acids is 1. The number of rotatable bonds is 4. The first-order chi connectivity index (χ1) is 5.33. The Kier molecular flexibility index (Phi) is 3.36. The fraction of sp³-hybridized carbons (Fsp3) is 0.875. The molecule has 0 saturated carbocycles. The molecule has 0 aliphatic carbocycles. The van der Waals surface area contributed by atoms with E-state index in [2.05, 4.69) is 5.32 Å². The van der Waals surface area contributed by atoms with Gasteiger partial charge in [0.15, 0.2) is 0 Å². The molecule has 1 heterocycles. The van der Waals surface area contributed by atoms with E-state index in [0.29, 0.717) is 6.04 Å². The van der Waals surface area contributed by atoms with Crippen LogP contribution in [-0.4, -0.2) is 37.5 Å². The summed E-state index contributed by atoms with van der Waals surface area (Å²) in [5, 5.41) is 3.39. The van der Waals surface area contributed by atoms with Gasteiger partial charge in [-0.15, -0.1) is 0 Å². The lowest BCUT2D eigenvalue weighted by Gasteiger charge is -2.14. The lowest BCUT2D eigenvalue weighted by Crippen LogP contribution is -2.27. The highest BCUT2D eigenvalue weighted by molar-refractivity contribution is 5.46. The topological polar surface area (TPSA) is 32.3 Å². The van der Waals surface area contributed by atoms with Crippen molar-refractivity contribution in [3.63, 3.8) is 0 Å². The molecule has 1 saturated heterocycles. The molecule has 0 aromatic heterocycles. The van der Waals surface area contributed by atoms with Gasteiger partial charge in [-0.1, -0.05) is 0 Å². The summed E-state index contributed by atoms with van der Waals surface area (Å²) in [5.74, 6) is 0. The Morgan fingerprint density at radius 1 is 1.73 bits per heavy atom. The summed E-state index contributed by atoms with van der Waals surface area (Å²) in [5.41, 5.74) is 0. The van der Waals surface area contributed by atoms with E-state index in [0.717, 1.165) is 25.9 Å². The molecule has 3 heteroatoms. The van der Waals surface area contributed by atoms with Crippen molar-refractivity contribution in [2.45, 2.75) is 25.3 Å². The van der Waals surface area contributed by atoms with Gasteiger partial charge in [0.1, 0.15) is 0 Å². The van der Waals surface area contributed by atoms with E-state index in [1.54, 1.807) is 4.90 Å². The van der Waals surface area contributed by atoms with Crippen LogP contribution in [-0.2, 0) is 4.79 Å². The van der Waals surface area contributed by atoms with Crippen LogP contribution >= 0.6 is 0 Å². The van der Waals surface area contributed by atoms with Crippen LogP contribution in [0.2, 0.25) is 0 Å². The first-order valence-corrected chi connectivity index (χ1v) is 4.22. The van der Waals surface area contributed by atoms with E-state index >= 15 is 0 Å².